The fourth-order valence-electron chi connectivity index (χ4n) is 5.29. The number of hydrogen-bond donors (Lipinski definition) is 0. The van der Waals surface area contributed by atoms with Crippen LogP contribution in [0, 0.1) is 20.8 Å². The maximum absolute atomic E-state index is 4.51. The molecule has 4 bridgehead atoms. The lowest BCUT2D eigenvalue weighted by Gasteiger charge is -2.60. The summed E-state index contributed by atoms with van der Waals surface area (Å²) in [6, 6.07) is 0. The molecular formula is C14H18BrIN2. The fourth-order valence-corrected chi connectivity index (χ4v) is 7.25. The molecule has 0 radical (unpaired) electrons. The summed E-state index contributed by atoms with van der Waals surface area (Å²) in [6.07, 6.45) is 12.7. The van der Waals surface area contributed by atoms with E-state index >= 15 is 0 Å². The minimum atomic E-state index is 0.470. The van der Waals surface area contributed by atoms with Gasteiger partial charge in [0.05, 0.1) is 9.77 Å². The minimum Gasteiger partial charge on any atom is -0.271 e. The van der Waals surface area contributed by atoms with Crippen molar-refractivity contribution in [3.8, 4) is 0 Å². The van der Waals surface area contributed by atoms with Crippen molar-refractivity contribution in [1.82, 2.24) is 9.78 Å². The average Bonchev–Trinajstić information content (AvgIpc) is 2.58. The van der Waals surface area contributed by atoms with E-state index in [9.17, 15) is 0 Å². The van der Waals surface area contributed by atoms with Crippen LogP contribution in [0.4, 0.5) is 0 Å². The molecule has 2 unspecified atom stereocenters. The van der Waals surface area contributed by atoms with Crippen LogP contribution in [0.2, 0.25) is 0 Å². The second kappa shape index (κ2) is 3.96. The minimum absolute atomic E-state index is 0.470. The van der Waals surface area contributed by atoms with Crippen molar-refractivity contribution >= 4 is 38.5 Å². The molecule has 0 amide bonds. The van der Waals surface area contributed by atoms with Gasteiger partial charge in [-0.1, -0.05) is 15.9 Å². The first kappa shape index (κ1) is 12.2. The molecule has 0 spiro atoms. The van der Waals surface area contributed by atoms with Crippen molar-refractivity contribution in [3.05, 3.63) is 16.0 Å². The summed E-state index contributed by atoms with van der Waals surface area (Å²) >= 11 is 6.43. The fraction of sp³-hybridized carbons (Fsp3) is 0.786. The number of aromatic nitrogens is 2. The largest absolute Gasteiger partial charge is 0.271 e. The Morgan fingerprint density at radius 2 is 2.06 bits per heavy atom. The van der Waals surface area contributed by atoms with Crippen molar-refractivity contribution in [1.29, 1.82) is 0 Å². The van der Waals surface area contributed by atoms with E-state index in [2.05, 4.69) is 54.5 Å². The molecule has 4 aliphatic rings. The lowest BCUT2D eigenvalue weighted by molar-refractivity contribution is -0.0468. The van der Waals surface area contributed by atoms with Gasteiger partial charge >= 0.3 is 0 Å². The summed E-state index contributed by atoms with van der Waals surface area (Å²) in [5, 5.41) is 4.51. The summed E-state index contributed by atoms with van der Waals surface area (Å²) in [7, 11) is 0. The first-order valence-corrected chi connectivity index (χ1v) is 8.78. The lowest BCUT2D eigenvalue weighted by atomic mass is 9.49. The van der Waals surface area contributed by atoms with Gasteiger partial charge in [-0.15, -0.1) is 0 Å². The third-order valence-corrected chi connectivity index (χ3v) is 6.69. The molecule has 1 heterocycles. The number of alkyl halides is 1. The van der Waals surface area contributed by atoms with E-state index in [4.69, 9.17) is 0 Å². The molecule has 98 valence electrons. The number of halogens is 2. The van der Waals surface area contributed by atoms with Gasteiger partial charge in [0.1, 0.15) is 0 Å². The van der Waals surface area contributed by atoms with Gasteiger partial charge in [-0.2, -0.15) is 5.10 Å². The molecule has 4 fully saturated rings. The highest BCUT2D eigenvalue weighted by atomic mass is 127. The zero-order chi connectivity index (χ0) is 12.4. The molecule has 0 aromatic carbocycles. The van der Waals surface area contributed by atoms with E-state index in [1.54, 1.807) is 0 Å². The number of nitrogens with zero attached hydrogens (tertiary/aromatic N) is 2. The van der Waals surface area contributed by atoms with Crippen LogP contribution in [0.15, 0.2) is 12.4 Å². The maximum Gasteiger partial charge on any atom is 0.0623 e. The first-order valence-electron chi connectivity index (χ1n) is 6.91. The summed E-state index contributed by atoms with van der Waals surface area (Å²) in [5.74, 6) is 1.94. The number of hydrogen-bond acceptors (Lipinski definition) is 1. The molecular weight excluding hydrogens is 403 g/mol. The zero-order valence-corrected chi connectivity index (χ0v) is 14.2. The van der Waals surface area contributed by atoms with E-state index in [1.807, 2.05) is 6.20 Å². The molecule has 4 saturated carbocycles. The van der Waals surface area contributed by atoms with E-state index in [0.29, 0.717) is 9.74 Å². The van der Waals surface area contributed by atoms with E-state index in [-0.39, 0.29) is 0 Å². The highest BCUT2D eigenvalue weighted by Crippen LogP contribution is 2.64. The van der Waals surface area contributed by atoms with Gasteiger partial charge in [-0.25, -0.2) is 0 Å². The van der Waals surface area contributed by atoms with Crippen LogP contribution in [-0.4, -0.2) is 14.1 Å². The van der Waals surface area contributed by atoms with Crippen LogP contribution in [0.1, 0.15) is 38.5 Å². The Balaban J connectivity index is 1.63. The molecule has 18 heavy (non-hydrogen) atoms. The van der Waals surface area contributed by atoms with Gasteiger partial charge in [0, 0.05) is 17.1 Å². The number of rotatable bonds is 2. The topological polar surface area (TPSA) is 17.8 Å². The Morgan fingerprint density at radius 1 is 1.33 bits per heavy atom. The molecule has 5 rings (SSSR count). The Bertz CT molecular complexity index is 470. The van der Waals surface area contributed by atoms with Crippen LogP contribution < -0.4 is 0 Å². The van der Waals surface area contributed by atoms with Crippen molar-refractivity contribution in [2.75, 3.05) is 0 Å². The average molecular weight is 421 g/mol. The monoisotopic (exact) mass is 420 g/mol. The molecule has 0 N–H and O–H groups in total. The third-order valence-electron chi connectivity index (χ3n) is 5.21. The SMILES string of the molecule is BrC12CC3CC(C1)CC(Cn1cc(I)cn1)(C3)C2. The van der Waals surface area contributed by atoms with Gasteiger partial charge in [0.15, 0.2) is 0 Å². The lowest BCUT2D eigenvalue weighted by Crippen LogP contribution is -2.54. The molecule has 0 aliphatic heterocycles. The van der Waals surface area contributed by atoms with Crippen molar-refractivity contribution in [2.45, 2.75) is 49.4 Å². The van der Waals surface area contributed by atoms with Crippen LogP contribution in [0.3, 0.4) is 0 Å². The third kappa shape index (κ3) is 1.98. The Kier molecular flexibility index (Phi) is 2.68. The molecule has 4 heteroatoms. The predicted octanol–water partition coefficient (Wildman–Crippen LogP) is 4.22. The smallest absolute Gasteiger partial charge is 0.0623 e. The van der Waals surface area contributed by atoms with Crippen LogP contribution in [-0.2, 0) is 6.54 Å². The molecule has 2 atom stereocenters. The van der Waals surface area contributed by atoms with Crippen molar-refractivity contribution in [3.63, 3.8) is 0 Å². The van der Waals surface area contributed by atoms with Gasteiger partial charge in [-0.3, -0.25) is 4.68 Å². The summed E-state index contributed by atoms with van der Waals surface area (Å²) in [6.45, 7) is 1.14. The Morgan fingerprint density at radius 3 is 2.61 bits per heavy atom. The summed E-state index contributed by atoms with van der Waals surface area (Å²) in [4.78, 5) is 0. The predicted molar refractivity (Wildman–Crippen MR) is 83.7 cm³/mol. The van der Waals surface area contributed by atoms with Gasteiger partial charge in [0.25, 0.3) is 0 Å². The first-order chi connectivity index (χ1) is 8.54. The van der Waals surface area contributed by atoms with Crippen molar-refractivity contribution < 1.29 is 0 Å². The van der Waals surface area contributed by atoms with E-state index in [0.717, 1.165) is 18.4 Å². The summed E-state index contributed by atoms with van der Waals surface area (Å²) < 4.78 is 3.91. The molecule has 4 aliphatic carbocycles. The van der Waals surface area contributed by atoms with Crippen LogP contribution >= 0.6 is 38.5 Å². The van der Waals surface area contributed by atoms with Crippen molar-refractivity contribution in [2.24, 2.45) is 17.3 Å². The molecule has 0 saturated heterocycles. The van der Waals surface area contributed by atoms with E-state index in [1.165, 1.54) is 42.1 Å². The van der Waals surface area contributed by atoms with Gasteiger partial charge in [0.2, 0.25) is 0 Å². The Labute approximate surface area is 130 Å². The summed E-state index contributed by atoms with van der Waals surface area (Å²) in [5.41, 5.74) is 0.530. The van der Waals surface area contributed by atoms with Gasteiger partial charge in [-0.05, 0) is 78.4 Å². The quantitative estimate of drug-likeness (QED) is 0.517. The van der Waals surface area contributed by atoms with Gasteiger partial charge < -0.3 is 0 Å². The van der Waals surface area contributed by atoms with E-state index < -0.39 is 0 Å². The normalized spacial score (nSPS) is 45.7. The molecule has 1 aromatic heterocycles. The zero-order valence-electron chi connectivity index (χ0n) is 10.4. The second-order valence-electron chi connectivity index (χ2n) is 6.97. The molecule has 1 aromatic rings. The van der Waals surface area contributed by atoms with Crippen LogP contribution in [0.5, 0.6) is 0 Å². The standard InChI is InChI=1S/C14H18BrIN2/c15-14-4-10-1-11(5-14)3-13(2-10,8-14)9-18-7-12(16)6-17-18/h6-7,10-11H,1-5,8-9H2. The second-order valence-corrected chi connectivity index (χ2v) is 9.90. The van der Waals surface area contributed by atoms with Crippen LogP contribution in [0.25, 0.3) is 0 Å². The highest BCUT2D eigenvalue weighted by molar-refractivity contribution is 14.1. The highest BCUT2D eigenvalue weighted by Gasteiger charge is 2.56. The Hall–Kier alpha value is 0.420. The molecule has 2 nitrogen and oxygen atoms in total. The maximum atomic E-state index is 4.51.